The van der Waals surface area contributed by atoms with Gasteiger partial charge in [-0.15, -0.1) is 0 Å². The number of hydrogen-bond acceptors (Lipinski definition) is 3. The van der Waals surface area contributed by atoms with Gasteiger partial charge < -0.3 is 5.73 Å². The van der Waals surface area contributed by atoms with Crippen molar-refractivity contribution in [1.29, 1.82) is 0 Å². The van der Waals surface area contributed by atoms with Gasteiger partial charge in [-0.1, -0.05) is 6.42 Å². The van der Waals surface area contributed by atoms with Crippen molar-refractivity contribution in [2.75, 3.05) is 6.54 Å². The van der Waals surface area contributed by atoms with Crippen molar-refractivity contribution in [3.8, 4) is 0 Å². The molecule has 0 bridgehead atoms. The highest BCUT2D eigenvalue weighted by molar-refractivity contribution is 5.16. The van der Waals surface area contributed by atoms with Crippen molar-refractivity contribution >= 4 is 0 Å². The van der Waals surface area contributed by atoms with Crippen molar-refractivity contribution in [3.05, 3.63) is 11.6 Å². The molecule has 1 heterocycles. The number of H-pyrrole nitrogens is 1. The Morgan fingerprint density at radius 2 is 2.21 bits per heavy atom. The van der Waals surface area contributed by atoms with Crippen LogP contribution < -0.4 is 5.73 Å². The zero-order chi connectivity index (χ0) is 9.60. The van der Waals surface area contributed by atoms with Gasteiger partial charge in [0.2, 0.25) is 0 Å². The van der Waals surface area contributed by atoms with E-state index in [0.29, 0.717) is 12.5 Å². The van der Waals surface area contributed by atoms with Gasteiger partial charge in [-0.25, -0.2) is 4.98 Å². The molecule has 0 spiro atoms. The molecule has 0 unspecified atom stereocenters. The van der Waals surface area contributed by atoms with E-state index in [4.69, 9.17) is 5.73 Å². The van der Waals surface area contributed by atoms with Gasteiger partial charge in [-0.2, -0.15) is 5.10 Å². The van der Waals surface area contributed by atoms with Crippen LogP contribution in [0, 0.1) is 0 Å². The third kappa shape index (κ3) is 1.10. The second-order valence-corrected chi connectivity index (χ2v) is 4.66. The molecule has 14 heavy (non-hydrogen) atoms. The second kappa shape index (κ2) is 2.79. The van der Waals surface area contributed by atoms with Crippen molar-refractivity contribution in [1.82, 2.24) is 15.2 Å². The van der Waals surface area contributed by atoms with E-state index in [1.807, 2.05) is 0 Å². The summed E-state index contributed by atoms with van der Waals surface area (Å²) in [5, 5.41) is 7.39. The molecule has 1 aromatic heterocycles. The summed E-state index contributed by atoms with van der Waals surface area (Å²) in [7, 11) is 0. The minimum Gasteiger partial charge on any atom is -0.329 e. The molecule has 0 saturated heterocycles. The van der Waals surface area contributed by atoms with Crippen LogP contribution >= 0.6 is 0 Å². The van der Waals surface area contributed by atoms with E-state index in [2.05, 4.69) is 15.2 Å². The first-order valence-corrected chi connectivity index (χ1v) is 5.47. The molecule has 1 aromatic rings. The van der Waals surface area contributed by atoms with Crippen LogP contribution in [0.1, 0.15) is 49.7 Å². The smallest absolute Gasteiger partial charge is 0.158 e. The molecule has 0 aromatic carbocycles. The molecule has 3 N–H and O–H groups in total. The van der Waals surface area contributed by atoms with Crippen molar-refractivity contribution < 1.29 is 0 Å². The highest BCUT2D eigenvalue weighted by Gasteiger charge is 2.41. The summed E-state index contributed by atoms with van der Waals surface area (Å²) < 4.78 is 0. The SMILES string of the molecule is NCC1(c2n[nH]c(C3CC3)n2)CCC1. The van der Waals surface area contributed by atoms with E-state index in [1.54, 1.807) is 0 Å². The van der Waals surface area contributed by atoms with Crippen LogP contribution in [0.2, 0.25) is 0 Å². The third-order valence-electron chi connectivity index (χ3n) is 3.64. The largest absolute Gasteiger partial charge is 0.329 e. The average Bonchev–Trinajstić information content (AvgIpc) is 2.86. The number of nitrogens with one attached hydrogen (secondary N) is 1. The van der Waals surface area contributed by atoms with Gasteiger partial charge in [0.15, 0.2) is 5.82 Å². The lowest BCUT2D eigenvalue weighted by atomic mass is 9.68. The van der Waals surface area contributed by atoms with Crippen molar-refractivity contribution in [2.45, 2.75) is 43.4 Å². The molecular formula is C10H16N4. The minimum atomic E-state index is 0.115. The number of aromatic amines is 1. The fraction of sp³-hybridized carbons (Fsp3) is 0.800. The van der Waals surface area contributed by atoms with Gasteiger partial charge in [0.25, 0.3) is 0 Å². The molecule has 0 atom stereocenters. The lowest BCUT2D eigenvalue weighted by Crippen LogP contribution is -2.42. The van der Waals surface area contributed by atoms with Crippen LogP contribution in [-0.4, -0.2) is 21.7 Å². The summed E-state index contributed by atoms with van der Waals surface area (Å²) >= 11 is 0. The van der Waals surface area contributed by atoms with Gasteiger partial charge >= 0.3 is 0 Å². The fourth-order valence-corrected chi connectivity index (χ4v) is 2.17. The highest BCUT2D eigenvalue weighted by Crippen LogP contribution is 2.43. The first-order chi connectivity index (χ1) is 6.84. The number of aromatic nitrogens is 3. The molecule has 0 amide bonds. The molecule has 2 aliphatic rings. The van der Waals surface area contributed by atoms with E-state index in [1.165, 1.54) is 19.3 Å². The maximum absolute atomic E-state index is 5.81. The fourth-order valence-electron chi connectivity index (χ4n) is 2.17. The number of nitrogens with two attached hydrogens (primary N) is 1. The monoisotopic (exact) mass is 192 g/mol. The van der Waals surface area contributed by atoms with Crippen molar-refractivity contribution in [2.24, 2.45) is 5.73 Å². The van der Waals surface area contributed by atoms with Crippen LogP contribution in [0.5, 0.6) is 0 Å². The Morgan fingerprint density at radius 3 is 2.71 bits per heavy atom. The minimum absolute atomic E-state index is 0.115. The van der Waals surface area contributed by atoms with Gasteiger partial charge in [0, 0.05) is 17.9 Å². The van der Waals surface area contributed by atoms with Gasteiger partial charge in [0.1, 0.15) is 5.82 Å². The van der Waals surface area contributed by atoms with Gasteiger partial charge in [0.05, 0.1) is 0 Å². The predicted octanol–water partition coefficient (Wildman–Crippen LogP) is 1.06. The summed E-state index contributed by atoms with van der Waals surface area (Å²) in [5.74, 6) is 2.71. The van der Waals surface area contributed by atoms with Gasteiger partial charge in [-0.05, 0) is 25.7 Å². The van der Waals surface area contributed by atoms with Crippen LogP contribution in [-0.2, 0) is 5.41 Å². The van der Waals surface area contributed by atoms with Crippen LogP contribution in [0.25, 0.3) is 0 Å². The normalized spacial score (nSPS) is 24.6. The molecule has 2 saturated carbocycles. The molecule has 0 aliphatic heterocycles. The quantitative estimate of drug-likeness (QED) is 0.752. The zero-order valence-electron chi connectivity index (χ0n) is 8.29. The maximum Gasteiger partial charge on any atom is 0.158 e. The first-order valence-electron chi connectivity index (χ1n) is 5.47. The maximum atomic E-state index is 5.81. The Morgan fingerprint density at radius 1 is 1.43 bits per heavy atom. The summed E-state index contributed by atoms with van der Waals surface area (Å²) in [6.07, 6.45) is 6.12. The van der Waals surface area contributed by atoms with E-state index in [0.717, 1.165) is 24.5 Å². The number of rotatable bonds is 3. The lowest BCUT2D eigenvalue weighted by Gasteiger charge is -2.38. The third-order valence-corrected chi connectivity index (χ3v) is 3.64. The Kier molecular flexibility index (Phi) is 1.68. The Balaban J connectivity index is 1.87. The first kappa shape index (κ1) is 8.41. The van der Waals surface area contributed by atoms with Crippen LogP contribution in [0.4, 0.5) is 0 Å². The zero-order valence-corrected chi connectivity index (χ0v) is 8.29. The molecule has 4 nitrogen and oxygen atoms in total. The summed E-state index contributed by atoms with van der Waals surface area (Å²) in [6.45, 7) is 0.689. The van der Waals surface area contributed by atoms with E-state index in [-0.39, 0.29) is 5.41 Å². The van der Waals surface area contributed by atoms with Crippen LogP contribution in [0.3, 0.4) is 0 Å². The average molecular weight is 192 g/mol. The summed E-state index contributed by atoms with van der Waals surface area (Å²) in [5.41, 5.74) is 5.92. The molecular weight excluding hydrogens is 176 g/mol. The lowest BCUT2D eigenvalue weighted by molar-refractivity contribution is 0.238. The topological polar surface area (TPSA) is 67.6 Å². The summed E-state index contributed by atoms with van der Waals surface area (Å²) in [4.78, 5) is 4.59. The second-order valence-electron chi connectivity index (χ2n) is 4.66. The molecule has 2 fully saturated rings. The predicted molar refractivity (Wildman–Crippen MR) is 52.9 cm³/mol. The number of nitrogens with zero attached hydrogens (tertiary/aromatic N) is 2. The number of hydrogen-bond donors (Lipinski definition) is 2. The Bertz CT molecular complexity index is 330. The highest BCUT2D eigenvalue weighted by atomic mass is 15.2. The molecule has 3 rings (SSSR count). The standard InChI is InChI=1S/C10H16N4/c11-6-10(4-1-5-10)9-12-8(13-14-9)7-2-3-7/h7H,1-6,11H2,(H,12,13,14). The Hall–Kier alpha value is -0.900. The summed E-state index contributed by atoms with van der Waals surface area (Å²) in [6, 6.07) is 0. The molecule has 76 valence electrons. The molecule has 0 radical (unpaired) electrons. The van der Waals surface area contributed by atoms with Gasteiger partial charge in [-0.3, -0.25) is 5.10 Å². The van der Waals surface area contributed by atoms with E-state index < -0.39 is 0 Å². The Labute approximate surface area is 83.3 Å². The van der Waals surface area contributed by atoms with Crippen LogP contribution in [0.15, 0.2) is 0 Å². The molecule has 2 aliphatic carbocycles. The van der Waals surface area contributed by atoms with Crippen molar-refractivity contribution in [3.63, 3.8) is 0 Å². The molecule has 4 heteroatoms. The van der Waals surface area contributed by atoms with E-state index >= 15 is 0 Å². The van der Waals surface area contributed by atoms with E-state index in [9.17, 15) is 0 Å².